The van der Waals surface area contributed by atoms with E-state index in [1.807, 2.05) is 30.3 Å². The molecule has 0 spiro atoms. The first-order valence-electron chi connectivity index (χ1n) is 12.3. The molecule has 5 atom stereocenters. The number of aromatic amines is 1. The molecule has 2 heterocycles. The molecule has 1 fully saturated rings. The van der Waals surface area contributed by atoms with E-state index in [4.69, 9.17) is 18.8 Å². The van der Waals surface area contributed by atoms with E-state index < -0.39 is 62.9 Å². The van der Waals surface area contributed by atoms with Crippen LogP contribution in [-0.4, -0.2) is 57.2 Å². The molecule has 0 aliphatic carbocycles. The highest BCUT2D eigenvalue weighted by molar-refractivity contribution is 7.17. The smallest absolute Gasteiger partial charge is 0.395 e. The van der Waals surface area contributed by atoms with Crippen LogP contribution in [0.2, 0.25) is 0 Å². The zero-order valence-corrected chi connectivity index (χ0v) is 22.3. The number of hydrogen-bond donors (Lipinski definition) is 3. The lowest BCUT2D eigenvalue weighted by Gasteiger charge is -2.31. The van der Waals surface area contributed by atoms with E-state index in [0.717, 1.165) is 16.2 Å². The largest absolute Gasteiger partial charge is 0.459 e. The van der Waals surface area contributed by atoms with Gasteiger partial charge in [0.05, 0.1) is 12.7 Å². The van der Waals surface area contributed by atoms with Crippen LogP contribution in [0.1, 0.15) is 18.7 Å². The van der Waals surface area contributed by atoms with Crippen LogP contribution in [0.15, 0.2) is 76.4 Å². The van der Waals surface area contributed by atoms with Crippen LogP contribution >= 0.6 is 8.69 Å². The summed E-state index contributed by atoms with van der Waals surface area (Å²) in [5.41, 5.74) is -0.377. The molecule has 2 aromatic carbocycles. The van der Waals surface area contributed by atoms with Crippen LogP contribution in [0.3, 0.4) is 0 Å². The molecule has 40 heavy (non-hydrogen) atoms. The van der Waals surface area contributed by atoms with Gasteiger partial charge >= 0.3 is 20.3 Å². The summed E-state index contributed by atoms with van der Waals surface area (Å²) in [5, 5.41) is 22.0. The fourth-order valence-corrected chi connectivity index (χ4v) is 4.52. The lowest BCUT2D eigenvalue weighted by Crippen LogP contribution is -2.43. The van der Waals surface area contributed by atoms with E-state index in [0.29, 0.717) is 0 Å². The number of aliphatic hydroxyl groups is 2. The van der Waals surface area contributed by atoms with Crippen molar-refractivity contribution in [2.45, 2.75) is 38.0 Å². The number of benzene rings is 2. The molecule has 4 rings (SSSR count). The average molecular weight is 573 g/mol. The summed E-state index contributed by atoms with van der Waals surface area (Å²) in [5.74, 6) is -1.37. The van der Waals surface area contributed by atoms with Gasteiger partial charge in [0.15, 0.2) is 18.0 Å². The van der Waals surface area contributed by atoms with Crippen LogP contribution in [0.5, 0.6) is 5.75 Å². The van der Waals surface area contributed by atoms with Crippen LogP contribution in [-0.2, 0) is 30.3 Å². The molecule has 0 bridgehead atoms. The number of hydrogen-bond acceptors (Lipinski definition) is 11. The number of aromatic nitrogens is 2. The highest BCUT2D eigenvalue weighted by Gasteiger charge is 2.45. The number of nitrogens with one attached hydrogen (secondary N) is 1. The number of carbonyl (C=O) groups excluding carboxylic acids is 1. The number of H-pyrrole nitrogens is 1. The van der Waals surface area contributed by atoms with Crippen molar-refractivity contribution in [2.24, 2.45) is 5.92 Å². The minimum atomic E-state index is -1.32. The van der Waals surface area contributed by atoms with E-state index in [9.17, 15) is 29.2 Å². The quantitative estimate of drug-likeness (QED) is 0.163. The van der Waals surface area contributed by atoms with Crippen molar-refractivity contribution in [1.29, 1.82) is 0 Å². The molecule has 13 nitrogen and oxygen atoms in total. The van der Waals surface area contributed by atoms with Crippen LogP contribution in [0.4, 0.5) is 5.69 Å². The standard InChI is InChI=1S/C26H28N3O10P/c1-16(25(33)36-14-17-7-3-2-4-8-17)29(19-9-5-6-10-20(19)39-40-35)37-15-21-18(13-30)23(32)24(38-21)28-12-11-22(31)27-26(28)34/h2-12,16,18,21,23-24,30,32H,13-15H2,1H3,(H,27,31,34)/t16-,18+,21+,23+,24+/m0/s1. The van der Waals surface area contributed by atoms with Gasteiger partial charge in [-0.3, -0.25) is 19.2 Å². The topological polar surface area (TPSA) is 170 Å². The van der Waals surface area contributed by atoms with Gasteiger partial charge in [-0.15, -0.1) is 0 Å². The Morgan fingerprint density at radius 1 is 1.15 bits per heavy atom. The Morgan fingerprint density at radius 3 is 2.58 bits per heavy atom. The number of rotatable bonds is 12. The number of nitrogens with zero attached hydrogens (tertiary/aromatic N) is 2. The summed E-state index contributed by atoms with van der Waals surface area (Å²) in [4.78, 5) is 44.9. The summed E-state index contributed by atoms with van der Waals surface area (Å²) in [6.07, 6.45) is -2.30. The number of anilines is 1. The number of esters is 1. The maximum absolute atomic E-state index is 13.0. The summed E-state index contributed by atoms with van der Waals surface area (Å²) >= 11 is 0. The molecule has 0 radical (unpaired) electrons. The lowest BCUT2D eigenvalue weighted by atomic mass is 9.99. The fourth-order valence-electron chi connectivity index (χ4n) is 4.28. The number of hydroxylamine groups is 1. The minimum absolute atomic E-state index is 0.0231. The Morgan fingerprint density at radius 2 is 1.88 bits per heavy atom. The highest BCUT2D eigenvalue weighted by Crippen LogP contribution is 2.35. The van der Waals surface area contributed by atoms with Gasteiger partial charge in [0.1, 0.15) is 25.0 Å². The summed E-state index contributed by atoms with van der Waals surface area (Å²) in [6.45, 7) is 0.773. The van der Waals surface area contributed by atoms with Crippen molar-refractivity contribution in [3.05, 3.63) is 93.3 Å². The first-order valence-corrected chi connectivity index (χ1v) is 13.0. The Kier molecular flexibility index (Phi) is 9.80. The Labute approximate surface area is 229 Å². The minimum Gasteiger partial charge on any atom is -0.459 e. The summed E-state index contributed by atoms with van der Waals surface area (Å²) < 4.78 is 28.7. The lowest BCUT2D eigenvalue weighted by molar-refractivity contribution is -0.149. The molecule has 212 valence electrons. The first-order chi connectivity index (χ1) is 19.3. The number of para-hydroxylation sites is 2. The van der Waals surface area contributed by atoms with Gasteiger partial charge in [0.2, 0.25) is 0 Å². The molecule has 1 aromatic heterocycles. The average Bonchev–Trinajstić information content (AvgIpc) is 3.27. The van der Waals surface area contributed by atoms with E-state index in [1.54, 1.807) is 18.2 Å². The van der Waals surface area contributed by atoms with Gasteiger partial charge in [-0.1, -0.05) is 42.5 Å². The first kappa shape index (κ1) is 29.1. The second-order valence-corrected chi connectivity index (χ2v) is 9.28. The SMILES string of the molecule is C[C@@H](C(=O)OCc1ccccc1)N(OC[C@H]1O[C@@H](n2ccc(=O)[nH]c2=O)[C@H](O)[C@@H]1CO)c1ccccc1OP=O. The van der Waals surface area contributed by atoms with Gasteiger partial charge in [0.25, 0.3) is 5.56 Å². The van der Waals surface area contributed by atoms with Gasteiger partial charge in [0, 0.05) is 18.2 Å². The summed E-state index contributed by atoms with van der Waals surface area (Å²) in [7, 11) is -0.630. The molecule has 0 saturated carbocycles. The normalized spacial score (nSPS) is 21.2. The van der Waals surface area contributed by atoms with Crippen molar-refractivity contribution < 1.29 is 38.4 Å². The predicted octanol–water partition coefficient (Wildman–Crippen LogP) is 1.56. The second-order valence-electron chi connectivity index (χ2n) is 8.94. The van der Waals surface area contributed by atoms with Crippen molar-refractivity contribution in [1.82, 2.24) is 9.55 Å². The molecular formula is C26H28N3O10P. The maximum atomic E-state index is 13.0. The zero-order chi connectivity index (χ0) is 28.6. The Hall–Kier alpha value is -3.87. The van der Waals surface area contributed by atoms with Crippen molar-refractivity contribution >= 4 is 20.3 Å². The third kappa shape index (κ3) is 6.64. The molecule has 1 aliphatic heterocycles. The van der Waals surface area contributed by atoms with Gasteiger partial charge in [-0.05, 0) is 24.6 Å². The van der Waals surface area contributed by atoms with Crippen molar-refractivity contribution in [3.8, 4) is 5.75 Å². The molecule has 0 unspecified atom stereocenters. The Balaban J connectivity index is 1.55. The monoisotopic (exact) mass is 573 g/mol. The van der Waals surface area contributed by atoms with Gasteiger partial charge in [-0.25, -0.2) is 19.2 Å². The van der Waals surface area contributed by atoms with Crippen molar-refractivity contribution in [2.75, 3.05) is 18.3 Å². The van der Waals surface area contributed by atoms with E-state index in [2.05, 4.69) is 4.98 Å². The molecule has 1 aliphatic rings. The third-order valence-corrected chi connectivity index (χ3v) is 6.66. The molecule has 3 aromatic rings. The highest BCUT2D eigenvalue weighted by atomic mass is 31.1. The second kappa shape index (κ2) is 13.5. The van der Waals surface area contributed by atoms with Gasteiger partial charge in [-0.2, -0.15) is 0 Å². The molecule has 14 heteroatoms. The Bertz CT molecular complexity index is 1420. The van der Waals surface area contributed by atoms with Crippen LogP contribution in [0.25, 0.3) is 0 Å². The zero-order valence-electron chi connectivity index (χ0n) is 21.4. The maximum Gasteiger partial charge on any atom is 0.395 e. The fraction of sp³-hybridized carbons (Fsp3) is 0.346. The molecular weight excluding hydrogens is 545 g/mol. The molecule has 0 amide bonds. The molecule has 3 N–H and O–H groups in total. The van der Waals surface area contributed by atoms with Crippen LogP contribution < -0.4 is 20.8 Å². The van der Waals surface area contributed by atoms with E-state index >= 15 is 0 Å². The number of ether oxygens (including phenoxy) is 2. The van der Waals surface area contributed by atoms with E-state index in [-0.39, 0.29) is 24.7 Å². The summed E-state index contributed by atoms with van der Waals surface area (Å²) in [6, 6.07) is 15.6. The van der Waals surface area contributed by atoms with Crippen LogP contribution in [0, 0.1) is 5.92 Å². The van der Waals surface area contributed by atoms with E-state index in [1.165, 1.54) is 24.3 Å². The predicted molar refractivity (Wildman–Crippen MR) is 141 cm³/mol. The molecule has 1 saturated heterocycles. The van der Waals surface area contributed by atoms with Crippen molar-refractivity contribution in [3.63, 3.8) is 0 Å². The third-order valence-electron chi connectivity index (χ3n) is 6.39. The number of aliphatic hydroxyl groups excluding tert-OH is 2. The number of carbonyl (C=O) groups is 1. The van der Waals surface area contributed by atoms with Gasteiger partial charge < -0.3 is 24.2 Å².